The van der Waals surface area contributed by atoms with Crippen LogP contribution in [0.5, 0.6) is 5.88 Å². The predicted molar refractivity (Wildman–Crippen MR) is 131 cm³/mol. The number of nitrogens with one attached hydrogen (secondary N) is 1. The fourth-order valence-corrected chi connectivity index (χ4v) is 4.27. The van der Waals surface area contributed by atoms with E-state index in [0.717, 1.165) is 22.9 Å². The van der Waals surface area contributed by atoms with E-state index in [1.807, 2.05) is 54.6 Å². The van der Waals surface area contributed by atoms with Crippen LogP contribution in [0.2, 0.25) is 0 Å². The normalized spacial score (nSPS) is 11.3. The molecule has 0 saturated carbocycles. The van der Waals surface area contributed by atoms with Crippen LogP contribution in [0.15, 0.2) is 102 Å². The zero-order valence-corrected chi connectivity index (χ0v) is 18.9. The first-order valence-corrected chi connectivity index (χ1v) is 11.4. The molecule has 33 heavy (non-hydrogen) atoms. The second kappa shape index (κ2) is 10.6. The van der Waals surface area contributed by atoms with Crippen molar-refractivity contribution in [2.75, 3.05) is 11.9 Å². The molecule has 6 nitrogen and oxygen atoms in total. The minimum Gasteiger partial charge on any atom is -0.462 e. The highest BCUT2D eigenvalue weighted by atomic mass is 32.1. The van der Waals surface area contributed by atoms with Crippen molar-refractivity contribution in [1.82, 2.24) is 4.98 Å². The van der Waals surface area contributed by atoms with Crippen molar-refractivity contribution >= 4 is 28.7 Å². The molecule has 0 bridgehead atoms. The monoisotopic (exact) mass is 457 g/mol. The Morgan fingerprint density at radius 3 is 1.94 bits per heavy atom. The van der Waals surface area contributed by atoms with Crippen LogP contribution in [0.3, 0.4) is 0 Å². The predicted octanol–water partition coefficient (Wildman–Crippen LogP) is 5.47. The molecule has 0 aliphatic rings. The molecule has 1 aromatic heterocycles. The van der Waals surface area contributed by atoms with Gasteiger partial charge in [-0.2, -0.15) is 4.98 Å². The molecule has 0 radical (unpaired) electrons. The van der Waals surface area contributed by atoms with Crippen LogP contribution in [0, 0.1) is 0 Å². The smallest absolute Gasteiger partial charge is 0.352 e. The molecule has 3 aromatic carbocycles. The molecule has 0 saturated heterocycles. The summed E-state index contributed by atoms with van der Waals surface area (Å²) in [5.41, 5.74) is 2.52. The summed E-state index contributed by atoms with van der Waals surface area (Å²) in [6.07, 6.45) is 0.984. The van der Waals surface area contributed by atoms with Gasteiger partial charge in [-0.3, -0.25) is 0 Å². The Morgan fingerprint density at radius 1 is 0.939 bits per heavy atom. The zero-order valence-electron chi connectivity index (χ0n) is 18.0. The molecule has 1 N–H and O–H groups in total. The van der Waals surface area contributed by atoms with Crippen LogP contribution in [0.1, 0.15) is 23.6 Å². The lowest BCUT2D eigenvalue weighted by Crippen LogP contribution is -2.38. The van der Waals surface area contributed by atoms with Crippen molar-refractivity contribution in [2.24, 2.45) is 5.16 Å². The summed E-state index contributed by atoms with van der Waals surface area (Å²) in [5.74, 6) is -0.284. The van der Waals surface area contributed by atoms with E-state index in [1.165, 1.54) is 11.3 Å². The van der Waals surface area contributed by atoms with Gasteiger partial charge in [0.1, 0.15) is 5.54 Å². The molecule has 0 amide bonds. The first-order valence-electron chi connectivity index (χ1n) is 10.5. The second-order valence-corrected chi connectivity index (χ2v) is 7.90. The number of carbonyl (C=O) groups is 1. The van der Waals surface area contributed by atoms with Crippen LogP contribution in [-0.2, 0) is 15.1 Å². The maximum absolute atomic E-state index is 11.4. The van der Waals surface area contributed by atoms with Gasteiger partial charge in [0.15, 0.2) is 11.3 Å². The number of hydrogen-bond acceptors (Lipinski definition) is 7. The molecule has 7 heteroatoms. The van der Waals surface area contributed by atoms with Gasteiger partial charge < -0.3 is 14.9 Å². The van der Waals surface area contributed by atoms with E-state index in [0.29, 0.717) is 5.13 Å². The van der Waals surface area contributed by atoms with Gasteiger partial charge in [0.25, 0.3) is 5.88 Å². The minimum absolute atomic E-state index is 0.274. The van der Waals surface area contributed by atoms with Crippen molar-refractivity contribution in [3.8, 4) is 5.88 Å². The average Bonchev–Trinajstić information content (AvgIpc) is 3.31. The molecule has 0 fully saturated rings. The van der Waals surface area contributed by atoms with Crippen molar-refractivity contribution in [3.63, 3.8) is 0 Å². The van der Waals surface area contributed by atoms with E-state index < -0.39 is 11.5 Å². The molecule has 0 unspecified atom stereocenters. The number of aromatic nitrogens is 1. The van der Waals surface area contributed by atoms with E-state index in [-0.39, 0.29) is 12.5 Å². The number of carbonyl (C=O) groups excluding carboxylic acids is 1. The standard InChI is InChI=1S/C26H23N3O3S/c1-2-31-24(30)18-27-32-23-19-33-25(28-23)29-26(20-12-6-3-7-13-20,21-14-8-4-9-15-21)22-16-10-5-11-17-22/h3-19H,2H2,1H3,(H,28,29). The molecule has 4 aromatic rings. The summed E-state index contributed by atoms with van der Waals surface area (Å²) >= 11 is 1.39. The summed E-state index contributed by atoms with van der Waals surface area (Å²) in [6, 6.07) is 30.8. The fraction of sp³-hybridized carbons (Fsp3) is 0.115. The number of oxime groups is 1. The number of nitrogens with zero attached hydrogens (tertiary/aromatic N) is 2. The summed E-state index contributed by atoms with van der Waals surface area (Å²) in [4.78, 5) is 21.2. The van der Waals surface area contributed by atoms with Gasteiger partial charge in [0.2, 0.25) is 0 Å². The van der Waals surface area contributed by atoms with Gasteiger partial charge in [-0.05, 0) is 23.6 Å². The number of rotatable bonds is 9. The summed E-state index contributed by atoms with van der Waals surface area (Å²) in [7, 11) is 0. The Morgan fingerprint density at radius 2 is 1.45 bits per heavy atom. The van der Waals surface area contributed by atoms with Gasteiger partial charge in [-0.15, -0.1) is 11.3 Å². The first kappa shape index (κ1) is 22.2. The molecule has 0 aliphatic carbocycles. The van der Waals surface area contributed by atoms with E-state index >= 15 is 0 Å². The maximum Gasteiger partial charge on any atom is 0.352 e. The largest absolute Gasteiger partial charge is 0.462 e. The van der Waals surface area contributed by atoms with Crippen molar-refractivity contribution in [3.05, 3.63) is 113 Å². The summed E-state index contributed by atoms with van der Waals surface area (Å²) < 4.78 is 4.80. The van der Waals surface area contributed by atoms with Crippen LogP contribution < -0.4 is 10.2 Å². The van der Waals surface area contributed by atoms with E-state index in [2.05, 4.69) is 51.9 Å². The number of benzene rings is 3. The Balaban J connectivity index is 1.73. The zero-order chi connectivity index (χ0) is 22.9. The van der Waals surface area contributed by atoms with Crippen LogP contribution in [-0.4, -0.2) is 23.8 Å². The van der Waals surface area contributed by atoms with Crippen LogP contribution in [0.25, 0.3) is 0 Å². The molecule has 4 rings (SSSR count). The molecule has 166 valence electrons. The van der Waals surface area contributed by atoms with Gasteiger partial charge in [0, 0.05) is 0 Å². The van der Waals surface area contributed by atoms with Gasteiger partial charge in [0.05, 0.1) is 12.0 Å². The molecular formula is C26H23N3O3S. The summed E-state index contributed by atoms with van der Waals surface area (Å²) in [6.45, 7) is 2.00. The van der Waals surface area contributed by atoms with Crippen molar-refractivity contribution in [1.29, 1.82) is 0 Å². The third-order valence-electron chi connectivity index (χ3n) is 4.99. The molecule has 0 spiro atoms. The van der Waals surface area contributed by atoms with E-state index in [1.54, 1.807) is 12.3 Å². The lowest BCUT2D eigenvalue weighted by Gasteiger charge is -2.36. The van der Waals surface area contributed by atoms with Gasteiger partial charge >= 0.3 is 5.97 Å². The number of thiazole rings is 1. The lowest BCUT2D eigenvalue weighted by atomic mass is 9.77. The number of anilines is 1. The quantitative estimate of drug-likeness (QED) is 0.156. The fourth-order valence-electron chi connectivity index (χ4n) is 3.60. The molecule has 0 atom stereocenters. The molecule has 1 heterocycles. The third kappa shape index (κ3) is 5.10. The van der Waals surface area contributed by atoms with Gasteiger partial charge in [-0.1, -0.05) is 96.2 Å². The van der Waals surface area contributed by atoms with E-state index in [9.17, 15) is 4.79 Å². The molecular weight excluding hydrogens is 434 g/mol. The highest BCUT2D eigenvalue weighted by molar-refractivity contribution is 7.13. The lowest BCUT2D eigenvalue weighted by molar-refractivity contribution is -0.134. The maximum atomic E-state index is 11.4. The van der Waals surface area contributed by atoms with Gasteiger partial charge in [-0.25, -0.2) is 4.79 Å². The second-order valence-electron chi connectivity index (χ2n) is 7.04. The highest BCUT2D eigenvalue weighted by Crippen LogP contribution is 2.41. The van der Waals surface area contributed by atoms with E-state index in [4.69, 9.17) is 9.57 Å². The average molecular weight is 458 g/mol. The SMILES string of the molecule is CCOC(=O)C=NOc1csc(NC(c2ccccc2)(c2ccccc2)c2ccccc2)n1. The van der Waals surface area contributed by atoms with Crippen molar-refractivity contribution < 1.29 is 14.4 Å². The Bertz CT molecular complexity index is 1100. The minimum atomic E-state index is -0.687. The number of esters is 1. The third-order valence-corrected chi connectivity index (χ3v) is 5.72. The Kier molecular flexibility index (Phi) is 7.12. The van der Waals surface area contributed by atoms with Crippen molar-refractivity contribution in [2.45, 2.75) is 12.5 Å². The molecule has 0 aliphatic heterocycles. The highest BCUT2D eigenvalue weighted by Gasteiger charge is 2.37. The summed E-state index contributed by atoms with van der Waals surface area (Å²) in [5, 5.41) is 9.71. The van der Waals surface area contributed by atoms with Crippen LogP contribution in [0.4, 0.5) is 5.13 Å². The Hall–Kier alpha value is -3.97. The number of hydrogen-bond donors (Lipinski definition) is 1. The first-order chi connectivity index (χ1) is 16.2. The number of ether oxygens (including phenoxy) is 1. The Labute approximate surface area is 196 Å². The van der Waals surface area contributed by atoms with Crippen LogP contribution >= 0.6 is 11.3 Å². The topological polar surface area (TPSA) is 72.8 Å².